The van der Waals surface area contributed by atoms with E-state index in [0.717, 1.165) is 25.7 Å². The molecule has 1 amide bonds. The second kappa shape index (κ2) is 11.5. The minimum absolute atomic E-state index is 0.000963. The summed E-state index contributed by atoms with van der Waals surface area (Å²) in [5.74, 6) is 0.184. The quantitative estimate of drug-likeness (QED) is 0.594. The Morgan fingerprint density at radius 1 is 1.14 bits per heavy atom. The number of carbonyl (C=O) groups excluding carboxylic acids is 2. The van der Waals surface area contributed by atoms with Crippen molar-refractivity contribution in [2.45, 2.75) is 65.8 Å². The maximum Gasteiger partial charge on any atom is 0.325 e. The predicted molar refractivity (Wildman–Crippen MR) is 84.8 cm³/mol. The highest BCUT2D eigenvalue weighted by molar-refractivity contribution is 5.82. The molecule has 124 valence electrons. The molecule has 0 saturated carbocycles. The Labute approximate surface area is 129 Å². The van der Waals surface area contributed by atoms with E-state index in [9.17, 15) is 9.59 Å². The highest BCUT2D eigenvalue weighted by Crippen LogP contribution is 2.18. The fourth-order valence-electron chi connectivity index (χ4n) is 2.45. The van der Waals surface area contributed by atoms with Gasteiger partial charge in [0, 0.05) is 12.5 Å². The first-order valence-corrected chi connectivity index (χ1v) is 8.11. The Hall–Kier alpha value is -1.10. The highest BCUT2D eigenvalue weighted by atomic mass is 16.5. The van der Waals surface area contributed by atoms with E-state index in [1.165, 1.54) is 0 Å². The maximum atomic E-state index is 12.3. The maximum absolute atomic E-state index is 12.3. The van der Waals surface area contributed by atoms with Crippen LogP contribution >= 0.6 is 0 Å². The molecule has 1 atom stereocenters. The van der Waals surface area contributed by atoms with Gasteiger partial charge in [0.1, 0.15) is 6.54 Å². The number of hydrogen-bond donors (Lipinski definition) is 1. The number of ether oxygens (including phenoxy) is 1. The molecule has 21 heavy (non-hydrogen) atoms. The Balaban J connectivity index is 4.43. The van der Waals surface area contributed by atoms with Crippen LogP contribution < -0.4 is 5.73 Å². The van der Waals surface area contributed by atoms with E-state index in [-0.39, 0.29) is 24.5 Å². The molecule has 5 heteroatoms. The number of esters is 1. The smallest absolute Gasteiger partial charge is 0.325 e. The molecular weight excluding hydrogens is 268 g/mol. The second-order valence-electron chi connectivity index (χ2n) is 5.69. The largest absolute Gasteiger partial charge is 0.465 e. The van der Waals surface area contributed by atoms with Crippen molar-refractivity contribution in [2.24, 2.45) is 11.7 Å². The van der Waals surface area contributed by atoms with Gasteiger partial charge in [-0.25, -0.2) is 0 Å². The molecule has 0 rings (SSSR count). The first-order chi connectivity index (χ1) is 9.96. The summed E-state index contributed by atoms with van der Waals surface area (Å²) in [7, 11) is 0. The lowest BCUT2D eigenvalue weighted by Gasteiger charge is -2.26. The SMILES string of the molecule is CCCC(CCN)CCC(=O)N(CC(=O)OCC)C(C)C. The molecule has 0 aliphatic carbocycles. The normalized spacial score (nSPS) is 12.3. The van der Waals surface area contributed by atoms with E-state index in [2.05, 4.69) is 6.92 Å². The summed E-state index contributed by atoms with van der Waals surface area (Å²) in [6, 6.07) is 0.000963. The van der Waals surface area contributed by atoms with Gasteiger partial charge >= 0.3 is 5.97 Å². The first kappa shape index (κ1) is 19.9. The van der Waals surface area contributed by atoms with Crippen LogP contribution in [0.2, 0.25) is 0 Å². The summed E-state index contributed by atoms with van der Waals surface area (Å²) in [5.41, 5.74) is 5.62. The summed E-state index contributed by atoms with van der Waals surface area (Å²) >= 11 is 0. The molecule has 0 spiro atoms. The third kappa shape index (κ3) is 8.71. The van der Waals surface area contributed by atoms with Gasteiger partial charge in [0.25, 0.3) is 0 Å². The van der Waals surface area contributed by atoms with Crippen molar-refractivity contribution in [2.75, 3.05) is 19.7 Å². The van der Waals surface area contributed by atoms with Crippen LogP contribution in [0, 0.1) is 5.92 Å². The van der Waals surface area contributed by atoms with Crippen molar-refractivity contribution < 1.29 is 14.3 Å². The van der Waals surface area contributed by atoms with Crippen molar-refractivity contribution in [3.8, 4) is 0 Å². The molecule has 1 unspecified atom stereocenters. The third-order valence-electron chi connectivity index (χ3n) is 3.59. The van der Waals surface area contributed by atoms with Gasteiger partial charge in [-0.1, -0.05) is 19.8 Å². The molecule has 0 aliphatic heterocycles. The van der Waals surface area contributed by atoms with Crippen LogP contribution in [-0.2, 0) is 14.3 Å². The van der Waals surface area contributed by atoms with Crippen molar-refractivity contribution in [3.05, 3.63) is 0 Å². The lowest BCUT2D eigenvalue weighted by atomic mass is 9.94. The topological polar surface area (TPSA) is 72.6 Å². The molecule has 0 saturated heterocycles. The fourth-order valence-corrected chi connectivity index (χ4v) is 2.45. The van der Waals surface area contributed by atoms with Crippen molar-refractivity contribution in [1.82, 2.24) is 4.90 Å². The van der Waals surface area contributed by atoms with E-state index < -0.39 is 0 Å². The molecule has 2 N–H and O–H groups in total. The van der Waals surface area contributed by atoms with Crippen LogP contribution in [0.3, 0.4) is 0 Å². The zero-order valence-electron chi connectivity index (χ0n) is 14.1. The molecule has 0 radical (unpaired) electrons. The van der Waals surface area contributed by atoms with Gasteiger partial charge in [0.05, 0.1) is 6.61 Å². The molecule has 5 nitrogen and oxygen atoms in total. The molecular formula is C16H32N2O3. The van der Waals surface area contributed by atoms with E-state index in [1.807, 2.05) is 13.8 Å². The zero-order valence-corrected chi connectivity index (χ0v) is 14.1. The third-order valence-corrected chi connectivity index (χ3v) is 3.59. The van der Waals surface area contributed by atoms with Crippen LogP contribution in [0.25, 0.3) is 0 Å². The molecule has 0 bridgehead atoms. The predicted octanol–water partition coefficient (Wildman–Crippen LogP) is 2.33. The van der Waals surface area contributed by atoms with Gasteiger partial charge in [0.2, 0.25) is 5.91 Å². The molecule has 0 fully saturated rings. The summed E-state index contributed by atoms with van der Waals surface area (Å²) in [6.07, 6.45) is 4.48. The van der Waals surface area contributed by atoms with Crippen LogP contribution in [0.5, 0.6) is 0 Å². The van der Waals surface area contributed by atoms with Crippen LogP contribution in [0.15, 0.2) is 0 Å². The number of carbonyl (C=O) groups is 2. The highest BCUT2D eigenvalue weighted by Gasteiger charge is 2.21. The fraction of sp³-hybridized carbons (Fsp3) is 0.875. The number of nitrogens with two attached hydrogens (primary N) is 1. The Morgan fingerprint density at radius 2 is 1.81 bits per heavy atom. The van der Waals surface area contributed by atoms with Crippen molar-refractivity contribution in [1.29, 1.82) is 0 Å². The standard InChI is InChI=1S/C16H32N2O3/c1-5-7-14(10-11-17)8-9-15(19)18(13(3)4)12-16(20)21-6-2/h13-14H,5-12,17H2,1-4H3. The lowest BCUT2D eigenvalue weighted by Crippen LogP contribution is -2.41. The van der Waals surface area contributed by atoms with Crippen molar-refractivity contribution in [3.63, 3.8) is 0 Å². The average Bonchev–Trinajstić information content (AvgIpc) is 2.42. The van der Waals surface area contributed by atoms with Gasteiger partial charge in [-0.3, -0.25) is 9.59 Å². The minimum Gasteiger partial charge on any atom is -0.465 e. The molecule has 0 aliphatic rings. The molecule has 0 aromatic heterocycles. The van der Waals surface area contributed by atoms with Crippen LogP contribution in [0.1, 0.15) is 59.8 Å². The number of hydrogen-bond acceptors (Lipinski definition) is 4. The lowest BCUT2D eigenvalue weighted by molar-refractivity contribution is -0.150. The van der Waals surface area contributed by atoms with E-state index in [4.69, 9.17) is 10.5 Å². The molecule has 0 heterocycles. The Kier molecular flexibility index (Phi) is 10.9. The summed E-state index contributed by atoms with van der Waals surface area (Å²) in [5, 5.41) is 0. The van der Waals surface area contributed by atoms with Gasteiger partial charge in [0.15, 0.2) is 0 Å². The van der Waals surface area contributed by atoms with Gasteiger partial charge in [-0.15, -0.1) is 0 Å². The second-order valence-corrected chi connectivity index (χ2v) is 5.69. The first-order valence-electron chi connectivity index (χ1n) is 8.11. The Morgan fingerprint density at radius 3 is 2.29 bits per heavy atom. The average molecular weight is 300 g/mol. The summed E-state index contributed by atoms with van der Waals surface area (Å²) in [4.78, 5) is 25.5. The summed E-state index contributed by atoms with van der Waals surface area (Å²) < 4.78 is 4.93. The van der Waals surface area contributed by atoms with Crippen LogP contribution in [-0.4, -0.2) is 42.5 Å². The minimum atomic E-state index is -0.341. The number of amides is 1. The molecule has 0 aromatic rings. The van der Waals surface area contributed by atoms with Crippen molar-refractivity contribution >= 4 is 11.9 Å². The molecule has 0 aromatic carbocycles. The monoisotopic (exact) mass is 300 g/mol. The van der Waals surface area contributed by atoms with Gasteiger partial charge in [-0.05, 0) is 46.1 Å². The van der Waals surface area contributed by atoms with Crippen LogP contribution in [0.4, 0.5) is 0 Å². The van der Waals surface area contributed by atoms with Gasteiger partial charge in [-0.2, -0.15) is 0 Å². The summed E-state index contributed by atoms with van der Waals surface area (Å²) in [6.45, 7) is 8.79. The number of nitrogens with zero attached hydrogens (tertiary/aromatic N) is 1. The Bertz CT molecular complexity index is 300. The van der Waals surface area contributed by atoms with Gasteiger partial charge < -0.3 is 15.4 Å². The van der Waals surface area contributed by atoms with E-state index in [1.54, 1.807) is 11.8 Å². The zero-order chi connectivity index (χ0) is 16.3. The van der Waals surface area contributed by atoms with E-state index in [0.29, 0.717) is 25.5 Å². The number of rotatable bonds is 11. The van der Waals surface area contributed by atoms with E-state index >= 15 is 0 Å².